The summed E-state index contributed by atoms with van der Waals surface area (Å²) in [6.45, 7) is 6.15. The Labute approximate surface area is 121 Å². The quantitative estimate of drug-likeness (QED) is 0.897. The molecule has 0 heterocycles. The summed E-state index contributed by atoms with van der Waals surface area (Å²) in [4.78, 5) is 0.188. The summed E-state index contributed by atoms with van der Waals surface area (Å²) in [5.41, 5.74) is 2.94. The predicted octanol–water partition coefficient (Wildman–Crippen LogP) is 2.94. The largest absolute Gasteiger partial charge is 0.382 e. The molecule has 0 aromatic heterocycles. The van der Waals surface area contributed by atoms with Crippen molar-refractivity contribution in [3.05, 3.63) is 23.3 Å². The van der Waals surface area contributed by atoms with Gasteiger partial charge in [-0.3, -0.25) is 0 Å². The second-order valence-corrected chi connectivity index (χ2v) is 7.45. The van der Waals surface area contributed by atoms with E-state index in [4.69, 9.17) is 5.14 Å². The molecule has 0 amide bonds. The van der Waals surface area contributed by atoms with E-state index in [-0.39, 0.29) is 4.90 Å². The standard InChI is InChI=1S/C15H24N2O2S/c1-4-12-5-6-13(8-12)17-15-9-14(20(16,18)19)7-10(2)11(15)3/h7,9,12-13,17H,4-6,8H2,1-3H3,(H2,16,18,19). The lowest BCUT2D eigenvalue weighted by Crippen LogP contribution is -2.18. The molecule has 3 N–H and O–H groups in total. The Kier molecular flexibility index (Phi) is 4.39. The number of nitrogens with one attached hydrogen (secondary N) is 1. The lowest BCUT2D eigenvalue weighted by molar-refractivity contribution is 0.525. The van der Waals surface area contributed by atoms with Crippen LogP contribution in [-0.2, 0) is 10.0 Å². The highest BCUT2D eigenvalue weighted by molar-refractivity contribution is 7.89. The Hall–Kier alpha value is -1.07. The number of aryl methyl sites for hydroxylation is 1. The van der Waals surface area contributed by atoms with Gasteiger partial charge in [0.1, 0.15) is 0 Å². The molecular weight excluding hydrogens is 272 g/mol. The van der Waals surface area contributed by atoms with Gasteiger partial charge in [0.25, 0.3) is 0 Å². The molecule has 2 atom stereocenters. The Bertz CT molecular complexity index is 596. The minimum atomic E-state index is -3.65. The van der Waals surface area contributed by atoms with Crippen molar-refractivity contribution < 1.29 is 8.42 Å². The smallest absolute Gasteiger partial charge is 0.238 e. The number of hydrogen-bond donors (Lipinski definition) is 2. The summed E-state index contributed by atoms with van der Waals surface area (Å²) in [5, 5.41) is 8.75. The average Bonchev–Trinajstić information content (AvgIpc) is 2.81. The lowest BCUT2D eigenvalue weighted by atomic mass is 10.0. The second kappa shape index (κ2) is 5.74. The Morgan fingerprint density at radius 1 is 1.30 bits per heavy atom. The van der Waals surface area contributed by atoms with Crippen molar-refractivity contribution in [2.24, 2.45) is 11.1 Å². The molecule has 2 unspecified atom stereocenters. The van der Waals surface area contributed by atoms with E-state index >= 15 is 0 Å². The minimum absolute atomic E-state index is 0.188. The van der Waals surface area contributed by atoms with Crippen molar-refractivity contribution in [1.82, 2.24) is 0 Å². The number of rotatable bonds is 4. The van der Waals surface area contributed by atoms with Crippen LogP contribution in [0.1, 0.15) is 43.7 Å². The molecule has 1 aromatic rings. The summed E-state index contributed by atoms with van der Waals surface area (Å²) < 4.78 is 23.1. The first-order chi connectivity index (χ1) is 9.31. The molecule has 112 valence electrons. The number of nitrogens with two attached hydrogens (primary N) is 1. The summed E-state index contributed by atoms with van der Waals surface area (Å²) >= 11 is 0. The number of primary sulfonamides is 1. The molecule has 0 saturated heterocycles. The predicted molar refractivity (Wildman–Crippen MR) is 82.3 cm³/mol. The maximum Gasteiger partial charge on any atom is 0.238 e. The van der Waals surface area contributed by atoms with Crippen molar-refractivity contribution in [1.29, 1.82) is 0 Å². The van der Waals surface area contributed by atoms with E-state index in [1.165, 1.54) is 12.8 Å². The van der Waals surface area contributed by atoms with Crippen molar-refractivity contribution in [2.45, 2.75) is 57.4 Å². The van der Waals surface area contributed by atoms with Crippen LogP contribution in [0.15, 0.2) is 17.0 Å². The van der Waals surface area contributed by atoms with Crippen molar-refractivity contribution in [2.75, 3.05) is 5.32 Å². The first-order valence-corrected chi connectivity index (χ1v) is 8.76. The highest BCUT2D eigenvalue weighted by Gasteiger charge is 2.24. The molecule has 5 heteroatoms. The van der Waals surface area contributed by atoms with Crippen molar-refractivity contribution in [3.63, 3.8) is 0 Å². The molecule has 0 aliphatic heterocycles. The molecule has 0 spiro atoms. The summed E-state index contributed by atoms with van der Waals surface area (Å²) in [5.74, 6) is 0.787. The first-order valence-electron chi connectivity index (χ1n) is 7.21. The molecule has 0 bridgehead atoms. The van der Waals surface area contributed by atoms with Crippen LogP contribution in [0, 0.1) is 19.8 Å². The number of hydrogen-bond acceptors (Lipinski definition) is 3. The van der Waals surface area contributed by atoms with E-state index in [0.29, 0.717) is 6.04 Å². The third kappa shape index (κ3) is 3.33. The minimum Gasteiger partial charge on any atom is -0.382 e. The van der Waals surface area contributed by atoms with Crippen LogP contribution in [0.2, 0.25) is 0 Å². The second-order valence-electron chi connectivity index (χ2n) is 5.89. The highest BCUT2D eigenvalue weighted by atomic mass is 32.2. The van der Waals surface area contributed by atoms with Gasteiger partial charge in [-0.15, -0.1) is 0 Å². The number of anilines is 1. The van der Waals surface area contributed by atoms with E-state index < -0.39 is 10.0 Å². The van der Waals surface area contributed by atoms with E-state index in [1.54, 1.807) is 12.1 Å². The third-order valence-corrected chi connectivity index (χ3v) is 5.34. The fraction of sp³-hybridized carbons (Fsp3) is 0.600. The fourth-order valence-electron chi connectivity index (χ4n) is 2.94. The van der Waals surface area contributed by atoms with Gasteiger partial charge < -0.3 is 5.32 Å². The van der Waals surface area contributed by atoms with Crippen LogP contribution in [0.5, 0.6) is 0 Å². The summed E-state index contributed by atoms with van der Waals surface area (Å²) in [7, 11) is -3.65. The molecular formula is C15H24N2O2S. The van der Waals surface area contributed by atoms with Crippen molar-refractivity contribution in [3.8, 4) is 0 Å². The van der Waals surface area contributed by atoms with Crippen LogP contribution in [0.3, 0.4) is 0 Å². The van der Waals surface area contributed by atoms with Gasteiger partial charge >= 0.3 is 0 Å². The molecule has 1 fully saturated rings. The fourth-order valence-corrected chi connectivity index (χ4v) is 3.56. The van der Waals surface area contributed by atoms with Gasteiger partial charge in [0.15, 0.2) is 0 Å². The van der Waals surface area contributed by atoms with Crippen LogP contribution in [0.4, 0.5) is 5.69 Å². The summed E-state index contributed by atoms with van der Waals surface area (Å²) in [6.07, 6.45) is 4.78. The maximum atomic E-state index is 11.5. The molecule has 1 aromatic carbocycles. The molecule has 1 aliphatic rings. The average molecular weight is 296 g/mol. The van der Waals surface area contributed by atoms with Gasteiger partial charge in [-0.05, 0) is 62.3 Å². The van der Waals surface area contributed by atoms with Gasteiger partial charge in [-0.25, -0.2) is 13.6 Å². The Balaban J connectivity index is 2.25. The van der Waals surface area contributed by atoms with Gasteiger partial charge in [-0.1, -0.05) is 13.3 Å². The third-order valence-electron chi connectivity index (χ3n) is 4.45. The molecule has 0 radical (unpaired) electrons. The monoisotopic (exact) mass is 296 g/mol. The molecule has 1 aliphatic carbocycles. The maximum absolute atomic E-state index is 11.5. The molecule has 2 rings (SSSR count). The SMILES string of the molecule is CCC1CCC(Nc2cc(S(N)(=O)=O)cc(C)c2C)C1. The lowest BCUT2D eigenvalue weighted by Gasteiger charge is -2.18. The zero-order valence-electron chi connectivity index (χ0n) is 12.4. The highest BCUT2D eigenvalue weighted by Crippen LogP contribution is 2.32. The Morgan fingerprint density at radius 3 is 2.55 bits per heavy atom. The molecule has 20 heavy (non-hydrogen) atoms. The van der Waals surface area contributed by atoms with E-state index in [2.05, 4.69) is 12.2 Å². The topological polar surface area (TPSA) is 72.2 Å². The zero-order chi connectivity index (χ0) is 14.9. The van der Waals surface area contributed by atoms with E-state index in [1.807, 2.05) is 13.8 Å². The van der Waals surface area contributed by atoms with Crippen LogP contribution in [0.25, 0.3) is 0 Å². The van der Waals surface area contributed by atoms with E-state index in [9.17, 15) is 8.42 Å². The zero-order valence-corrected chi connectivity index (χ0v) is 13.3. The summed E-state index contributed by atoms with van der Waals surface area (Å²) in [6, 6.07) is 3.74. The number of sulfonamides is 1. The normalized spacial score (nSPS) is 23.0. The molecule has 4 nitrogen and oxygen atoms in total. The van der Waals surface area contributed by atoms with Gasteiger partial charge in [0.05, 0.1) is 4.90 Å². The van der Waals surface area contributed by atoms with Crippen LogP contribution < -0.4 is 10.5 Å². The molecule has 1 saturated carbocycles. The van der Waals surface area contributed by atoms with E-state index in [0.717, 1.165) is 35.6 Å². The Morgan fingerprint density at radius 2 is 2.00 bits per heavy atom. The van der Waals surface area contributed by atoms with Crippen molar-refractivity contribution >= 4 is 15.7 Å². The van der Waals surface area contributed by atoms with Gasteiger partial charge in [0.2, 0.25) is 10.0 Å². The van der Waals surface area contributed by atoms with Crippen LogP contribution >= 0.6 is 0 Å². The van der Waals surface area contributed by atoms with Crippen LogP contribution in [-0.4, -0.2) is 14.5 Å². The number of benzene rings is 1. The first kappa shape index (κ1) is 15.3. The van der Waals surface area contributed by atoms with Gasteiger partial charge in [-0.2, -0.15) is 0 Å². The van der Waals surface area contributed by atoms with Gasteiger partial charge in [0, 0.05) is 11.7 Å².